The van der Waals surface area contributed by atoms with Gasteiger partial charge in [0.1, 0.15) is 5.01 Å². The third-order valence-corrected chi connectivity index (χ3v) is 2.78. The molecule has 0 bridgehead atoms. The Morgan fingerprint density at radius 2 is 2.29 bits per heavy atom. The van der Waals surface area contributed by atoms with Gasteiger partial charge in [-0.25, -0.2) is 0 Å². The normalized spacial score (nSPS) is 13.5. The molecular weight excluding hydrogens is 222 g/mol. The summed E-state index contributed by atoms with van der Waals surface area (Å²) < 4.78 is 0.476. The number of aromatic nitrogens is 2. The lowest BCUT2D eigenvalue weighted by molar-refractivity contribution is 0.163. The lowest BCUT2D eigenvalue weighted by atomic mass is 10.3. The van der Waals surface area contributed by atoms with Gasteiger partial charge in [0, 0.05) is 6.54 Å². The number of hydrogen-bond donors (Lipinski definition) is 1. The van der Waals surface area contributed by atoms with E-state index in [0.717, 1.165) is 24.5 Å². The molecule has 1 heterocycles. The van der Waals surface area contributed by atoms with Crippen LogP contribution in [0.25, 0.3) is 0 Å². The van der Waals surface area contributed by atoms with E-state index in [1.54, 1.807) is 6.92 Å². The topological polar surface area (TPSA) is 49.2 Å². The molecule has 6 heteroatoms. The average Bonchev–Trinajstić information content (AvgIpc) is 2.48. The Morgan fingerprint density at radius 3 is 2.79 bits per heavy atom. The summed E-state index contributed by atoms with van der Waals surface area (Å²) in [6, 6.07) is 0. The molecule has 0 aromatic carbocycles. The highest BCUT2D eigenvalue weighted by atomic mass is 35.5. The second-order valence-electron chi connectivity index (χ2n) is 3.32. The van der Waals surface area contributed by atoms with Gasteiger partial charge in [-0.15, -0.1) is 10.2 Å². The van der Waals surface area contributed by atoms with E-state index >= 15 is 0 Å². The molecule has 1 rings (SSSR count). The van der Waals surface area contributed by atoms with Crippen molar-refractivity contribution >= 4 is 22.9 Å². The van der Waals surface area contributed by atoms with Crippen molar-refractivity contribution in [2.24, 2.45) is 0 Å². The number of nitrogens with zero attached hydrogens (tertiary/aromatic N) is 3. The minimum absolute atomic E-state index is 0.254. The van der Waals surface area contributed by atoms with Gasteiger partial charge in [0.05, 0.1) is 12.6 Å². The Balaban J connectivity index is 2.30. The predicted octanol–water partition coefficient (Wildman–Crippen LogP) is 1.39. The summed E-state index contributed by atoms with van der Waals surface area (Å²) >= 11 is 7.05. The smallest absolute Gasteiger partial charge is 0.207 e. The third-order valence-electron chi connectivity index (χ3n) is 1.78. The summed E-state index contributed by atoms with van der Waals surface area (Å²) in [4.78, 5) is 2.09. The molecule has 0 spiro atoms. The van der Waals surface area contributed by atoms with E-state index in [-0.39, 0.29) is 6.10 Å². The van der Waals surface area contributed by atoms with E-state index in [9.17, 15) is 0 Å². The summed E-state index contributed by atoms with van der Waals surface area (Å²) in [6.07, 6.45) is 0.513. The van der Waals surface area contributed by atoms with Crippen molar-refractivity contribution < 1.29 is 5.11 Å². The second kappa shape index (κ2) is 5.60. The van der Waals surface area contributed by atoms with Gasteiger partial charge >= 0.3 is 0 Å². The van der Waals surface area contributed by atoms with Crippen LogP contribution in [-0.2, 0) is 6.54 Å². The second-order valence-corrected chi connectivity index (χ2v) is 4.97. The fourth-order valence-electron chi connectivity index (χ4n) is 1.01. The molecule has 0 saturated heterocycles. The lowest BCUT2D eigenvalue weighted by Crippen LogP contribution is -2.21. The molecule has 80 valence electrons. The molecule has 0 aliphatic heterocycles. The number of aliphatic hydroxyl groups excluding tert-OH is 1. The van der Waals surface area contributed by atoms with Gasteiger partial charge in [-0.2, -0.15) is 0 Å². The zero-order valence-electron chi connectivity index (χ0n) is 8.27. The molecule has 1 atom stereocenters. The van der Waals surface area contributed by atoms with Crippen LogP contribution < -0.4 is 0 Å². The monoisotopic (exact) mass is 235 g/mol. The highest BCUT2D eigenvalue weighted by Gasteiger charge is 2.06. The largest absolute Gasteiger partial charge is 0.393 e. The maximum atomic E-state index is 9.10. The molecule has 0 amide bonds. The van der Waals surface area contributed by atoms with Crippen molar-refractivity contribution in [1.82, 2.24) is 15.1 Å². The maximum absolute atomic E-state index is 9.10. The van der Waals surface area contributed by atoms with Crippen molar-refractivity contribution in [2.45, 2.75) is 26.0 Å². The maximum Gasteiger partial charge on any atom is 0.207 e. The first-order chi connectivity index (χ1) is 6.58. The van der Waals surface area contributed by atoms with Crippen molar-refractivity contribution in [1.29, 1.82) is 0 Å². The summed E-state index contributed by atoms with van der Waals surface area (Å²) in [5, 5.41) is 17.6. The van der Waals surface area contributed by atoms with Gasteiger partial charge in [-0.05, 0) is 32.0 Å². The Hall–Kier alpha value is -0.230. The van der Waals surface area contributed by atoms with E-state index in [2.05, 4.69) is 15.1 Å². The first kappa shape index (κ1) is 11.8. The molecule has 0 aliphatic rings. The quantitative estimate of drug-likeness (QED) is 0.838. The Labute approximate surface area is 92.5 Å². The third kappa shape index (κ3) is 4.32. The van der Waals surface area contributed by atoms with Crippen LogP contribution in [0, 0.1) is 0 Å². The highest BCUT2D eigenvalue weighted by Crippen LogP contribution is 2.16. The molecule has 1 aromatic rings. The van der Waals surface area contributed by atoms with Crippen LogP contribution >= 0.6 is 22.9 Å². The van der Waals surface area contributed by atoms with Crippen LogP contribution in [0.4, 0.5) is 0 Å². The van der Waals surface area contributed by atoms with Gasteiger partial charge in [0.15, 0.2) is 0 Å². The number of rotatable bonds is 5. The van der Waals surface area contributed by atoms with Gasteiger partial charge in [-0.3, -0.25) is 4.90 Å². The molecule has 0 saturated carbocycles. The molecule has 0 radical (unpaired) electrons. The summed E-state index contributed by atoms with van der Waals surface area (Å²) in [6.45, 7) is 3.36. The van der Waals surface area contributed by atoms with Gasteiger partial charge in [0.2, 0.25) is 4.47 Å². The number of halogens is 1. The molecule has 14 heavy (non-hydrogen) atoms. The summed E-state index contributed by atoms with van der Waals surface area (Å²) in [5.41, 5.74) is 0. The standard InChI is InChI=1S/C8H14ClN3OS/c1-6(13)3-4-12(2)5-7-10-11-8(9)14-7/h6,13H,3-5H2,1-2H3. The zero-order chi connectivity index (χ0) is 10.6. The minimum Gasteiger partial charge on any atom is -0.393 e. The van der Waals surface area contributed by atoms with E-state index in [0.29, 0.717) is 4.47 Å². The molecular formula is C8H14ClN3OS. The molecule has 0 fully saturated rings. The Bertz CT molecular complexity index is 279. The van der Waals surface area contributed by atoms with Gasteiger partial charge in [-0.1, -0.05) is 11.3 Å². The highest BCUT2D eigenvalue weighted by molar-refractivity contribution is 7.15. The SMILES string of the molecule is CC(O)CCN(C)Cc1nnc(Cl)s1. The predicted molar refractivity (Wildman–Crippen MR) is 57.6 cm³/mol. The Kier molecular flexibility index (Phi) is 4.74. The van der Waals surface area contributed by atoms with Crippen molar-refractivity contribution in [3.05, 3.63) is 9.47 Å². The van der Waals surface area contributed by atoms with E-state index in [4.69, 9.17) is 16.7 Å². The number of aliphatic hydroxyl groups is 1. The van der Waals surface area contributed by atoms with E-state index in [1.807, 2.05) is 7.05 Å². The molecule has 0 aliphatic carbocycles. The fourth-order valence-corrected chi connectivity index (χ4v) is 1.96. The first-order valence-electron chi connectivity index (χ1n) is 4.42. The molecule has 1 unspecified atom stereocenters. The number of hydrogen-bond acceptors (Lipinski definition) is 5. The zero-order valence-corrected chi connectivity index (χ0v) is 9.85. The van der Waals surface area contributed by atoms with Crippen LogP contribution in [0.3, 0.4) is 0 Å². The van der Waals surface area contributed by atoms with Crippen molar-refractivity contribution in [3.8, 4) is 0 Å². The molecule has 1 aromatic heterocycles. The minimum atomic E-state index is -0.254. The van der Waals surface area contributed by atoms with Gasteiger partial charge in [0.25, 0.3) is 0 Å². The average molecular weight is 236 g/mol. The fraction of sp³-hybridized carbons (Fsp3) is 0.750. The van der Waals surface area contributed by atoms with Crippen LogP contribution in [0.5, 0.6) is 0 Å². The van der Waals surface area contributed by atoms with Crippen LogP contribution in [0.15, 0.2) is 0 Å². The van der Waals surface area contributed by atoms with Crippen molar-refractivity contribution in [2.75, 3.05) is 13.6 Å². The van der Waals surface area contributed by atoms with E-state index in [1.165, 1.54) is 11.3 Å². The first-order valence-corrected chi connectivity index (χ1v) is 5.62. The summed E-state index contributed by atoms with van der Waals surface area (Å²) in [5.74, 6) is 0. The van der Waals surface area contributed by atoms with E-state index < -0.39 is 0 Å². The van der Waals surface area contributed by atoms with Crippen LogP contribution in [-0.4, -0.2) is 39.9 Å². The van der Waals surface area contributed by atoms with Gasteiger partial charge < -0.3 is 5.11 Å². The summed E-state index contributed by atoms with van der Waals surface area (Å²) in [7, 11) is 1.98. The molecule has 4 nitrogen and oxygen atoms in total. The Morgan fingerprint density at radius 1 is 1.57 bits per heavy atom. The van der Waals surface area contributed by atoms with Crippen LogP contribution in [0.2, 0.25) is 4.47 Å². The molecule has 1 N–H and O–H groups in total. The van der Waals surface area contributed by atoms with Crippen molar-refractivity contribution in [3.63, 3.8) is 0 Å². The van der Waals surface area contributed by atoms with Crippen LogP contribution in [0.1, 0.15) is 18.4 Å². The lowest BCUT2D eigenvalue weighted by Gasteiger charge is -2.15.